The molecule has 126 valence electrons. The molecular weight excluding hydrogens is 314 g/mol. The first kappa shape index (κ1) is 14.9. The molecule has 24 heavy (non-hydrogen) atoms. The van der Waals surface area contributed by atoms with Crippen molar-refractivity contribution in [1.82, 2.24) is 25.5 Å². The molecule has 2 aromatic rings. The van der Waals surface area contributed by atoms with E-state index in [0.29, 0.717) is 23.9 Å². The van der Waals surface area contributed by atoms with Gasteiger partial charge in [-0.1, -0.05) is 0 Å². The summed E-state index contributed by atoms with van der Waals surface area (Å²) in [5.41, 5.74) is 0.755. The number of carbonyl (C=O) groups excluding carboxylic acids is 1. The number of benzene rings is 1. The third-order valence-electron chi connectivity index (χ3n) is 3.92. The van der Waals surface area contributed by atoms with Crippen LogP contribution in [0.5, 0.6) is 11.5 Å². The fourth-order valence-corrected chi connectivity index (χ4v) is 2.68. The number of nitrogens with zero attached hydrogens (tertiary/aromatic N) is 4. The number of hydrogen-bond acceptors (Lipinski definition) is 7. The molecule has 9 nitrogen and oxygen atoms in total. The molecule has 1 unspecified atom stereocenters. The predicted octanol–water partition coefficient (Wildman–Crippen LogP) is 0.364. The molecule has 1 amide bonds. The minimum Gasteiger partial charge on any atom is -0.454 e. The van der Waals surface area contributed by atoms with Crippen LogP contribution in [0.1, 0.15) is 12.8 Å². The monoisotopic (exact) mass is 331 g/mol. The summed E-state index contributed by atoms with van der Waals surface area (Å²) in [5, 5.41) is 15.0. The second kappa shape index (κ2) is 6.44. The lowest BCUT2D eigenvalue weighted by atomic mass is 10.2. The van der Waals surface area contributed by atoms with Crippen LogP contribution in [0.25, 0.3) is 11.4 Å². The number of tetrazole rings is 1. The zero-order chi connectivity index (χ0) is 16.4. The summed E-state index contributed by atoms with van der Waals surface area (Å²) in [6, 6.07) is 5.42. The number of carbonyl (C=O) groups is 1. The van der Waals surface area contributed by atoms with E-state index >= 15 is 0 Å². The van der Waals surface area contributed by atoms with E-state index in [4.69, 9.17) is 14.2 Å². The van der Waals surface area contributed by atoms with Gasteiger partial charge in [-0.2, -0.15) is 4.80 Å². The van der Waals surface area contributed by atoms with Gasteiger partial charge in [0.15, 0.2) is 11.5 Å². The Kier molecular flexibility index (Phi) is 3.99. The summed E-state index contributed by atoms with van der Waals surface area (Å²) >= 11 is 0. The molecule has 0 aliphatic carbocycles. The number of nitrogens with one attached hydrogen (secondary N) is 1. The summed E-state index contributed by atoms with van der Waals surface area (Å²) in [6.45, 7) is 1.51. The second-order valence-electron chi connectivity index (χ2n) is 5.65. The Hall–Kier alpha value is -2.68. The molecule has 1 fully saturated rings. The van der Waals surface area contributed by atoms with Gasteiger partial charge in [0, 0.05) is 18.7 Å². The molecule has 0 bridgehead atoms. The van der Waals surface area contributed by atoms with Gasteiger partial charge in [0.2, 0.25) is 18.5 Å². The maximum absolute atomic E-state index is 11.9. The van der Waals surface area contributed by atoms with E-state index in [1.165, 1.54) is 4.80 Å². The summed E-state index contributed by atoms with van der Waals surface area (Å²) in [4.78, 5) is 13.2. The van der Waals surface area contributed by atoms with Crippen LogP contribution in [0.4, 0.5) is 0 Å². The van der Waals surface area contributed by atoms with Crippen molar-refractivity contribution in [2.75, 3.05) is 19.9 Å². The first-order valence-corrected chi connectivity index (χ1v) is 7.84. The molecule has 2 aliphatic rings. The molecule has 1 atom stereocenters. The normalized spacial score (nSPS) is 18.8. The van der Waals surface area contributed by atoms with Crippen molar-refractivity contribution in [3.63, 3.8) is 0 Å². The summed E-state index contributed by atoms with van der Waals surface area (Å²) < 4.78 is 16.1. The zero-order valence-corrected chi connectivity index (χ0v) is 13.0. The lowest BCUT2D eigenvalue weighted by Gasteiger charge is -2.10. The van der Waals surface area contributed by atoms with Gasteiger partial charge in [-0.25, -0.2) is 0 Å². The van der Waals surface area contributed by atoms with Crippen molar-refractivity contribution in [1.29, 1.82) is 0 Å². The Labute approximate surface area is 137 Å². The van der Waals surface area contributed by atoms with E-state index in [0.717, 1.165) is 25.0 Å². The number of hydrogen-bond donors (Lipinski definition) is 1. The lowest BCUT2D eigenvalue weighted by molar-refractivity contribution is -0.122. The predicted molar refractivity (Wildman–Crippen MR) is 81.4 cm³/mol. The quantitative estimate of drug-likeness (QED) is 0.844. The van der Waals surface area contributed by atoms with Gasteiger partial charge in [-0.15, -0.1) is 10.2 Å². The highest BCUT2D eigenvalue weighted by Crippen LogP contribution is 2.34. The SMILES string of the molecule is O=C(Cn1nnc(-c2ccc3c(c2)OCO3)n1)NCC1CCCO1. The molecule has 3 heterocycles. The molecule has 4 rings (SSSR count). The van der Waals surface area contributed by atoms with Crippen LogP contribution in [-0.4, -0.2) is 52.2 Å². The van der Waals surface area contributed by atoms with E-state index < -0.39 is 0 Å². The molecule has 0 saturated carbocycles. The molecule has 0 spiro atoms. The van der Waals surface area contributed by atoms with Gasteiger partial charge >= 0.3 is 0 Å². The van der Waals surface area contributed by atoms with Crippen molar-refractivity contribution in [3.8, 4) is 22.9 Å². The lowest BCUT2D eigenvalue weighted by Crippen LogP contribution is -2.34. The highest BCUT2D eigenvalue weighted by Gasteiger charge is 2.18. The highest BCUT2D eigenvalue weighted by molar-refractivity contribution is 5.75. The van der Waals surface area contributed by atoms with E-state index in [2.05, 4.69) is 20.7 Å². The van der Waals surface area contributed by atoms with Gasteiger partial charge in [0.05, 0.1) is 6.10 Å². The standard InChI is InChI=1S/C15H17N5O4/c21-14(16-7-11-2-1-5-22-11)8-20-18-15(17-19-20)10-3-4-12-13(6-10)24-9-23-12/h3-4,6,11H,1-2,5,7-9H2,(H,16,21). The van der Waals surface area contributed by atoms with Crippen LogP contribution in [0.3, 0.4) is 0 Å². The Morgan fingerprint density at radius 2 is 2.25 bits per heavy atom. The van der Waals surface area contributed by atoms with Crippen molar-refractivity contribution < 1.29 is 19.0 Å². The molecule has 1 N–H and O–H groups in total. The van der Waals surface area contributed by atoms with Crippen molar-refractivity contribution in [2.24, 2.45) is 0 Å². The number of aromatic nitrogens is 4. The van der Waals surface area contributed by atoms with Gasteiger partial charge in [0.25, 0.3) is 0 Å². The van der Waals surface area contributed by atoms with Crippen LogP contribution in [-0.2, 0) is 16.1 Å². The number of ether oxygens (including phenoxy) is 3. The number of rotatable bonds is 5. The highest BCUT2D eigenvalue weighted by atomic mass is 16.7. The third-order valence-corrected chi connectivity index (χ3v) is 3.92. The average molecular weight is 331 g/mol. The molecule has 1 aromatic carbocycles. The van der Waals surface area contributed by atoms with Gasteiger partial charge < -0.3 is 19.5 Å². The molecule has 2 aliphatic heterocycles. The molecular formula is C15H17N5O4. The van der Waals surface area contributed by atoms with Gasteiger partial charge in [-0.3, -0.25) is 4.79 Å². The van der Waals surface area contributed by atoms with Crippen LogP contribution in [0.2, 0.25) is 0 Å². The minimum atomic E-state index is -0.167. The summed E-state index contributed by atoms with van der Waals surface area (Å²) in [6.07, 6.45) is 2.14. The number of fused-ring (bicyclic) bond motifs is 1. The fraction of sp³-hybridized carbons (Fsp3) is 0.467. The molecule has 9 heteroatoms. The average Bonchev–Trinajstić information content (AvgIpc) is 3.33. The molecule has 1 aromatic heterocycles. The number of amides is 1. The van der Waals surface area contributed by atoms with E-state index in [1.807, 2.05) is 6.07 Å². The van der Waals surface area contributed by atoms with Crippen LogP contribution in [0, 0.1) is 0 Å². The van der Waals surface area contributed by atoms with E-state index in [-0.39, 0.29) is 25.3 Å². The first-order valence-electron chi connectivity index (χ1n) is 7.84. The maximum atomic E-state index is 11.9. The first-order chi connectivity index (χ1) is 11.8. The van der Waals surface area contributed by atoms with Crippen molar-refractivity contribution >= 4 is 5.91 Å². The van der Waals surface area contributed by atoms with Gasteiger partial charge in [0.1, 0.15) is 6.54 Å². The smallest absolute Gasteiger partial charge is 0.243 e. The second-order valence-corrected chi connectivity index (χ2v) is 5.65. The molecule has 1 saturated heterocycles. The van der Waals surface area contributed by atoms with Crippen LogP contribution < -0.4 is 14.8 Å². The summed E-state index contributed by atoms with van der Waals surface area (Å²) in [7, 11) is 0. The van der Waals surface area contributed by atoms with Crippen LogP contribution in [0.15, 0.2) is 18.2 Å². The van der Waals surface area contributed by atoms with Gasteiger partial charge in [-0.05, 0) is 36.3 Å². The third kappa shape index (κ3) is 3.16. The maximum Gasteiger partial charge on any atom is 0.243 e. The zero-order valence-electron chi connectivity index (χ0n) is 13.0. The Morgan fingerprint density at radius 3 is 3.12 bits per heavy atom. The molecule has 0 radical (unpaired) electrons. The van der Waals surface area contributed by atoms with E-state index in [1.54, 1.807) is 12.1 Å². The topological polar surface area (TPSA) is 100 Å². The summed E-state index contributed by atoms with van der Waals surface area (Å²) in [5.74, 6) is 1.61. The minimum absolute atomic E-state index is 0.0181. The Morgan fingerprint density at radius 1 is 1.33 bits per heavy atom. The van der Waals surface area contributed by atoms with Crippen molar-refractivity contribution in [3.05, 3.63) is 18.2 Å². The Balaban J connectivity index is 1.36. The van der Waals surface area contributed by atoms with Crippen LogP contribution >= 0.6 is 0 Å². The largest absolute Gasteiger partial charge is 0.454 e. The van der Waals surface area contributed by atoms with E-state index in [9.17, 15) is 4.79 Å². The Bertz CT molecular complexity index is 741. The fourth-order valence-electron chi connectivity index (χ4n) is 2.68. The van der Waals surface area contributed by atoms with Crippen molar-refractivity contribution in [2.45, 2.75) is 25.5 Å².